The minimum atomic E-state index is -3.40. The number of carbonyl (C=O) groups is 1. The van der Waals surface area contributed by atoms with Crippen molar-refractivity contribution in [2.24, 2.45) is 5.73 Å². The lowest BCUT2D eigenvalue weighted by Crippen LogP contribution is -2.31. The maximum absolute atomic E-state index is 12.5. The van der Waals surface area contributed by atoms with Gasteiger partial charge >= 0.3 is 0 Å². The zero-order valence-corrected chi connectivity index (χ0v) is 15.0. The van der Waals surface area contributed by atoms with Crippen LogP contribution in [0.1, 0.15) is 27.9 Å². The largest absolute Gasteiger partial charge is 0.337 e. The summed E-state index contributed by atoms with van der Waals surface area (Å²) in [5.41, 5.74) is 8.08. The van der Waals surface area contributed by atoms with Crippen molar-refractivity contribution in [3.8, 4) is 0 Å². The van der Waals surface area contributed by atoms with Crippen molar-refractivity contribution in [2.75, 3.05) is 13.1 Å². The van der Waals surface area contributed by atoms with Gasteiger partial charge in [0.2, 0.25) is 0 Å². The number of nitrogens with two attached hydrogens (primary N) is 1. The van der Waals surface area contributed by atoms with Crippen LogP contribution in [0.3, 0.4) is 0 Å². The number of hydrogen-bond donors (Lipinski definition) is 1. The van der Waals surface area contributed by atoms with E-state index in [0.717, 1.165) is 12.0 Å². The number of benzene rings is 2. The van der Waals surface area contributed by atoms with E-state index in [1.54, 1.807) is 53.4 Å². The highest BCUT2D eigenvalue weighted by Crippen LogP contribution is 2.19. The average Bonchev–Trinajstić information content (AvgIpc) is 3.01. The van der Waals surface area contributed by atoms with E-state index in [2.05, 4.69) is 0 Å². The number of carbonyl (C=O) groups excluding carboxylic acids is 1. The molecular weight excluding hydrogens is 336 g/mol. The second-order valence-electron chi connectivity index (χ2n) is 6.57. The molecule has 5 nitrogen and oxygen atoms in total. The summed E-state index contributed by atoms with van der Waals surface area (Å²) in [7, 11) is -3.40. The van der Waals surface area contributed by atoms with E-state index in [0.29, 0.717) is 29.1 Å². The summed E-state index contributed by atoms with van der Waals surface area (Å²) >= 11 is 0. The van der Waals surface area contributed by atoms with Crippen LogP contribution in [0.25, 0.3) is 0 Å². The highest BCUT2D eigenvalue weighted by Gasteiger charge is 2.24. The van der Waals surface area contributed by atoms with E-state index in [1.165, 1.54) is 0 Å². The SMILES string of the molecule is Cc1ccc(S(=O)(=O)Cc2ccc(C(=O)N3CC[C@H](N)C3)cc2)cc1. The molecule has 1 heterocycles. The van der Waals surface area contributed by atoms with Crippen LogP contribution in [-0.2, 0) is 15.6 Å². The lowest BCUT2D eigenvalue weighted by atomic mass is 10.1. The Bertz CT molecular complexity index is 859. The van der Waals surface area contributed by atoms with Gasteiger partial charge in [0.15, 0.2) is 9.84 Å². The van der Waals surface area contributed by atoms with Gasteiger partial charge in [0.25, 0.3) is 5.91 Å². The van der Waals surface area contributed by atoms with Crippen molar-refractivity contribution in [2.45, 2.75) is 30.0 Å². The number of hydrogen-bond acceptors (Lipinski definition) is 4. The number of amides is 1. The summed E-state index contributed by atoms with van der Waals surface area (Å²) in [5, 5.41) is 0. The molecule has 0 spiro atoms. The lowest BCUT2D eigenvalue weighted by molar-refractivity contribution is 0.0791. The molecule has 1 amide bonds. The normalized spacial score (nSPS) is 17.7. The molecule has 132 valence electrons. The summed E-state index contributed by atoms with van der Waals surface area (Å²) in [6, 6.07) is 13.6. The summed E-state index contributed by atoms with van der Waals surface area (Å²) in [6.07, 6.45) is 0.818. The average molecular weight is 358 g/mol. The van der Waals surface area contributed by atoms with E-state index in [1.807, 2.05) is 6.92 Å². The molecule has 2 N–H and O–H groups in total. The molecule has 2 aromatic carbocycles. The Kier molecular flexibility index (Phi) is 4.92. The second kappa shape index (κ2) is 6.98. The minimum Gasteiger partial charge on any atom is -0.337 e. The van der Waals surface area contributed by atoms with Crippen LogP contribution in [0.15, 0.2) is 53.4 Å². The van der Waals surface area contributed by atoms with E-state index in [-0.39, 0.29) is 17.7 Å². The van der Waals surface area contributed by atoms with Crippen LogP contribution in [0.4, 0.5) is 0 Å². The smallest absolute Gasteiger partial charge is 0.253 e. The monoisotopic (exact) mass is 358 g/mol. The molecule has 6 heteroatoms. The van der Waals surface area contributed by atoms with E-state index in [9.17, 15) is 13.2 Å². The number of likely N-dealkylation sites (tertiary alicyclic amines) is 1. The fourth-order valence-corrected chi connectivity index (χ4v) is 4.29. The third-order valence-corrected chi connectivity index (χ3v) is 6.15. The molecule has 0 unspecified atom stereocenters. The van der Waals surface area contributed by atoms with Gasteiger partial charge in [0.05, 0.1) is 10.6 Å². The van der Waals surface area contributed by atoms with Gasteiger partial charge in [-0.2, -0.15) is 0 Å². The Hall–Kier alpha value is -2.18. The maximum Gasteiger partial charge on any atom is 0.253 e. The first-order valence-electron chi connectivity index (χ1n) is 8.28. The molecule has 1 saturated heterocycles. The van der Waals surface area contributed by atoms with Crippen molar-refractivity contribution in [3.05, 3.63) is 65.2 Å². The van der Waals surface area contributed by atoms with Crippen molar-refractivity contribution in [3.63, 3.8) is 0 Å². The molecule has 3 rings (SSSR count). The number of sulfone groups is 1. The first kappa shape index (κ1) is 17.6. The Labute approximate surface area is 148 Å². The van der Waals surface area contributed by atoms with Gasteiger partial charge in [0, 0.05) is 24.7 Å². The van der Waals surface area contributed by atoms with Gasteiger partial charge in [-0.3, -0.25) is 4.79 Å². The van der Waals surface area contributed by atoms with E-state index >= 15 is 0 Å². The fraction of sp³-hybridized carbons (Fsp3) is 0.316. The van der Waals surface area contributed by atoms with Gasteiger partial charge in [-0.25, -0.2) is 8.42 Å². The van der Waals surface area contributed by atoms with Gasteiger partial charge in [-0.1, -0.05) is 29.8 Å². The summed E-state index contributed by atoms with van der Waals surface area (Å²) in [4.78, 5) is 14.4. The predicted octanol–water partition coefficient (Wildman–Crippen LogP) is 2.14. The molecule has 25 heavy (non-hydrogen) atoms. The molecule has 0 saturated carbocycles. The standard InChI is InChI=1S/C19H22N2O3S/c1-14-2-8-18(9-3-14)25(23,24)13-15-4-6-16(7-5-15)19(22)21-11-10-17(20)12-21/h2-9,17H,10-13,20H2,1H3/t17-/m0/s1. The molecule has 1 aliphatic heterocycles. The van der Waals surface area contributed by atoms with Gasteiger partial charge in [-0.15, -0.1) is 0 Å². The van der Waals surface area contributed by atoms with Crippen molar-refractivity contribution in [1.82, 2.24) is 4.90 Å². The zero-order chi connectivity index (χ0) is 18.0. The quantitative estimate of drug-likeness (QED) is 0.908. The van der Waals surface area contributed by atoms with Crippen molar-refractivity contribution in [1.29, 1.82) is 0 Å². The third kappa shape index (κ3) is 4.08. The van der Waals surface area contributed by atoms with E-state index < -0.39 is 9.84 Å². The molecule has 0 radical (unpaired) electrons. The molecule has 0 aliphatic carbocycles. The Morgan fingerprint density at radius 3 is 2.32 bits per heavy atom. The van der Waals surface area contributed by atoms with E-state index in [4.69, 9.17) is 5.73 Å². The van der Waals surface area contributed by atoms with Crippen LogP contribution in [-0.4, -0.2) is 38.4 Å². The minimum absolute atomic E-state index is 0.0443. The van der Waals surface area contributed by atoms with Crippen molar-refractivity contribution >= 4 is 15.7 Å². The summed E-state index contributed by atoms with van der Waals surface area (Å²) < 4.78 is 25.0. The highest BCUT2D eigenvalue weighted by atomic mass is 32.2. The van der Waals surface area contributed by atoms with Gasteiger partial charge in [0.1, 0.15) is 0 Å². The van der Waals surface area contributed by atoms with Crippen LogP contribution in [0, 0.1) is 6.92 Å². The zero-order valence-electron chi connectivity index (χ0n) is 14.2. The molecule has 0 bridgehead atoms. The molecule has 2 aromatic rings. The fourth-order valence-electron chi connectivity index (χ4n) is 2.95. The molecule has 1 atom stereocenters. The number of rotatable bonds is 4. The van der Waals surface area contributed by atoms with Gasteiger partial charge in [-0.05, 0) is 43.2 Å². The van der Waals surface area contributed by atoms with Crippen LogP contribution < -0.4 is 5.73 Å². The highest BCUT2D eigenvalue weighted by molar-refractivity contribution is 7.90. The number of aryl methyl sites for hydroxylation is 1. The topological polar surface area (TPSA) is 80.5 Å². The van der Waals surface area contributed by atoms with Crippen LogP contribution in [0.2, 0.25) is 0 Å². The lowest BCUT2D eigenvalue weighted by Gasteiger charge is -2.16. The van der Waals surface area contributed by atoms with Crippen molar-refractivity contribution < 1.29 is 13.2 Å². The Balaban J connectivity index is 1.72. The van der Waals surface area contributed by atoms with Crippen LogP contribution in [0.5, 0.6) is 0 Å². The van der Waals surface area contributed by atoms with Gasteiger partial charge < -0.3 is 10.6 Å². The molecule has 1 fully saturated rings. The molecule has 0 aromatic heterocycles. The Morgan fingerprint density at radius 2 is 1.76 bits per heavy atom. The van der Waals surface area contributed by atoms with Crippen LogP contribution >= 0.6 is 0 Å². The Morgan fingerprint density at radius 1 is 1.12 bits per heavy atom. The predicted molar refractivity (Wildman–Crippen MR) is 97.0 cm³/mol. The first-order chi connectivity index (χ1) is 11.8. The summed E-state index contributed by atoms with van der Waals surface area (Å²) in [5.74, 6) is -0.139. The third-order valence-electron chi connectivity index (χ3n) is 4.45. The summed E-state index contributed by atoms with van der Waals surface area (Å²) in [6.45, 7) is 3.16. The molecular formula is C19H22N2O3S. The second-order valence-corrected chi connectivity index (χ2v) is 8.56. The maximum atomic E-state index is 12.5. The number of nitrogens with zero attached hydrogens (tertiary/aromatic N) is 1. The first-order valence-corrected chi connectivity index (χ1v) is 9.93. The molecule has 1 aliphatic rings.